The van der Waals surface area contributed by atoms with Crippen molar-refractivity contribution >= 4 is 22.9 Å². The first-order valence-corrected chi connectivity index (χ1v) is 7.51. The molecule has 0 aliphatic carbocycles. The van der Waals surface area contributed by atoms with Crippen LogP contribution in [0.1, 0.15) is 10.7 Å². The Morgan fingerprint density at radius 2 is 1.75 bits per heavy atom. The Labute approximate surface area is 127 Å². The summed E-state index contributed by atoms with van der Waals surface area (Å²) < 4.78 is 16.1. The molecule has 1 aromatic heterocycles. The van der Waals surface area contributed by atoms with Crippen LogP contribution in [0.2, 0.25) is 0 Å². The summed E-state index contributed by atoms with van der Waals surface area (Å²) in [5, 5.41) is 2.99. The molecule has 0 saturated heterocycles. The Morgan fingerprint density at radius 3 is 2.30 bits per heavy atom. The zero-order valence-corrected chi connectivity index (χ0v) is 13.0. The molecule has 0 bridgehead atoms. The van der Waals surface area contributed by atoms with E-state index in [2.05, 4.69) is 4.98 Å². The second-order valence-corrected chi connectivity index (χ2v) is 5.22. The monoisotopic (exact) mass is 313 g/mol. The summed E-state index contributed by atoms with van der Waals surface area (Å²) in [6.45, 7) is 0.547. The van der Waals surface area contributed by atoms with E-state index in [9.17, 15) is 0 Å². The van der Waals surface area contributed by atoms with Gasteiger partial charge in [-0.15, -0.1) is 22.9 Å². The van der Waals surface area contributed by atoms with Crippen molar-refractivity contribution in [2.45, 2.75) is 12.3 Å². The molecule has 0 unspecified atom stereocenters. The van der Waals surface area contributed by atoms with E-state index in [1.807, 2.05) is 17.5 Å². The van der Waals surface area contributed by atoms with Crippen molar-refractivity contribution in [3.05, 3.63) is 34.3 Å². The first-order valence-electron chi connectivity index (χ1n) is 6.10. The average molecular weight is 314 g/mol. The molecule has 0 aliphatic rings. The summed E-state index contributed by atoms with van der Waals surface area (Å²) in [7, 11) is 3.23. The molecule has 0 fully saturated rings. The van der Waals surface area contributed by atoms with Gasteiger partial charge in [0.15, 0.2) is 0 Å². The molecule has 0 radical (unpaired) electrons. The fourth-order valence-electron chi connectivity index (χ4n) is 1.65. The van der Waals surface area contributed by atoms with E-state index in [0.29, 0.717) is 24.0 Å². The van der Waals surface area contributed by atoms with Crippen LogP contribution in [0.25, 0.3) is 0 Å². The van der Waals surface area contributed by atoms with Crippen LogP contribution in [0.4, 0.5) is 0 Å². The molecule has 0 aliphatic heterocycles. The van der Waals surface area contributed by atoms with Gasteiger partial charge < -0.3 is 14.2 Å². The van der Waals surface area contributed by atoms with E-state index in [0.717, 1.165) is 22.9 Å². The number of ether oxygens (including phenoxy) is 3. The SMILES string of the molecule is COc1cc(OC)cc(OCCc2nc(CCl)cs2)c1. The van der Waals surface area contributed by atoms with Gasteiger partial charge in [0.25, 0.3) is 0 Å². The summed E-state index contributed by atoms with van der Waals surface area (Å²) >= 11 is 7.32. The number of thiazole rings is 1. The molecule has 6 heteroatoms. The lowest BCUT2D eigenvalue weighted by molar-refractivity contribution is 0.315. The third-order valence-corrected chi connectivity index (χ3v) is 3.88. The fraction of sp³-hybridized carbons (Fsp3) is 0.357. The number of rotatable bonds is 7. The molecule has 2 aromatic rings. The van der Waals surface area contributed by atoms with E-state index in [-0.39, 0.29) is 0 Å². The summed E-state index contributed by atoms with van der Waals surface area (Å²) in [6.07, 6.45) is 0.751. The minimum Gasteiger partial charge on any atom is -0.496 e. The first kappa shape index (κ1) is 14.9. The molecular formula is C14H16ClNO3S. The standard InChI is InChI=1S/C14H16ClNO3S/c1-17-11-5-12(18-2)7-13(6-11)19-4-3-14-16-10(8-15)9-20-14/h5-7,9H,3-4,8H2,1-2H3. The Kier molecular flexibility index (Phi) is 5.49. The number of alkyl halides is 1. The molecule has 4 nitrogen and oxygen atoms in total. The van der Waals surface area contributed by atoms with E-state index < -0.39 is 0 Å². The third-order valence-electron chi connectivity index (χ3n) is 2.65. The van der Waals surface area contributed by atoms with Gasteiger partial charge in [0.1, 0.15) is 17.2 Å². The highest BCUT2D eigenvalue weighted by atomic mass is 35.5. The zero-order valence-electron chi connectivity index (χ0n) is 11.4. The van der Waals surface area contributed by atoms with Gasteiger partial charge in [0.2, 0.25) is 0 Å². The summed E-state index contributed by atoms with van der Waals surface area (Å²) in [5.41, 5.74) is 0.912. The highest BCUT2D eigenvalue weighted by Gasteiger charge is 2.05. The van der Waals surface area contributed by atoms with Crippen LogP contribution in [0.3, 0.4) is 0 Å². The van der Waals surface area contributed by atoms with Crippen molar-refractivity contribution in [3.8, 4) is 17.2 Å². The van der Waals surface area contributed by atoms with Crippen LogP contribution < -0.4 is 14.2 Å². The Bertz CT molecular complexity index is 537. The van der Waals surface area contributed by atoms with E-state index >= 15 is 0 Å². The van der Waals surface area contributed by atoms with Crippen LogP contribution in [-0.2, 0) is 12.3 Å². The lowest BCUT2D eigenvalue weighted by Gasteiger charge is -2.09. The highest BCUT2D eigenvalue weighted by molar-refractivity contribution is 7.09. The fourth-order valence-corrected chi connectivity index (χ4v) is 2.65. The highest BCUT2D eigenvalue weighted by Crippen LogP contribution is 2.27. The molecule has 0 amide bonds. The van der Waals surface area contributed by atoms with Gasteiger partial charge in [-0.1, -0.05) is 0 Å². The number of methoxy groups -OCH3 is 2. The maximum atomic E-state index is 5.72. The van der Waals surface area contributed by atoms with Crippen LogP contribution in [0.15, 0.2) is 23.6 Å². The normalized spacial score (nSPS) is 10.3. The van der Waals surface area contributed by atoms with Crippen LogP contribution in [0, 0.1) is 0 Å². The summed E-state index contributed by atoms with van der Waals surface area (Å²) in [5.74, 6) is 2.58. The number of benzene rings is 1. The molecule has 108 valence electrons. The van der Waals surface area contributed by atoms with Crippen molar-refractivity contribution < 1.29 is 14.2 Å². The second-order valence-electron chi connectivity index (χ2n) is 4.01. The van der Waals surface area contributed by atoms with Crippen molar-refractivity contribution in [1.29, 1.82) is 0 Å². The Hall–Kier alpha value is -1.46. The first-order chi connectivity index (χ1) is 9.75. The van der Waals surface area contributed by atoms with Crippen molar-refractivity contribution in [2.24, 2.45) is 0 Å². The number of nitrogens with zero attached hydrogens (tertiary/aromatic N) is 1. The van der Waals surface area contributed by atoms with Crippen molar-refractivity contribution in [1.82, 2.24) is 4.98 Å². The van der Waals surface area contributed by atoms with Gasteiger partial charge in [-0.05, 0) is 0 Å². The van der Waals surface area contributed by atoms with Gasteiger partial charge >= 0.3 is 0 Å². The van der Waals surface area contributed by atoms with Gasteiger partial charge in [-0.2, -0.15) is 0 Å². The van der Waals surface area contributed by atoms with Gasteiger partial charge in [-0.3, -0.25) is 0 Å². The summed E-state index contributed by atoms with van der Waals surface area (Å²) in [4.78, 5) is 4.38. The molecule has 1 heterocycles. The smallest absolute Gasteiger partial charge is 0.126 e. The minimum atomic E-state index is 0.449. The van der Waals surface area contributed by atoms with Crippen LogP contribution in [0.5, 0.6) is 17.2 Å². The van der Waals surface area contributed by atoms with Crippen LogP contribution >= 0.6 is 22.9 Å². The molecule has 2 rings (SSSR count). The molecule has 0 spiro atoms. The summed E-state index contributed by atoms with van der Waals surface area (Å²) in [6, 6.07) is 5.46. The molecule has 0 saturated carbocycles. The van der Waals surface area contributed by atoms with Gasteiger partial charge in [0.05, 0.1) is 37.4 Å². The zero-order chi connectivity index (χ0) is 14.4. The number of halogens is 1. The molecule has 0 atom stereocenters. The molecule has 0 N–H and O–H groups in total. The van der Waals surface area contributed by atoms with Crippen molar-refractivity contribution in [3.63, 3.8) is 0 Å². The lowest BCUT2D eigenvalue weighted by Crippen LogP contribution is -2.01. The number of hydrogen-bond donors (Lipinski definition) is 0. The topological polar surface area (TPSA) is 40.6 Å². The number of hydrogen-bond acceptors (Lipinski definition) is 5. The Morgan fingerprint density at radius 1 is 1.10 bits per heavy atom. The maximum absolute atomic E-state index is 5.72. The average Bonchev–Trinajstić information content (AvgIpc) is 2.94. The van der Waals surface area contributed by atoms with Gasteiger partial charge in [-0.25, -0.2) is 4.98 Å². The Balaban J connectivity index is 1.93. The quantitative estimate of drug-likeness (QED) is 0.733. The molecule has 1 aromatic carbocycles. The van der Waals surface area contributed by atoms with E-state index in [4.69, 9.17) is 25.8 Å². The minimum absolute atomic E-state index is 0.449. The van der Waals surface area contributed by atoms with E-state index in [1.54, 1.807) is 31.6 Å². The van der Waals surface area contributed by atoms with Crippen molar-refractivity contribution in [2.75, 3.05) is 20.8 Å². The van der Waals surface area contributed by atoms with Gasteiger partial charge in [0, 0.05) is 30.0 Å². The predicted octanol–water partition coefficient (Wildman–Crippen LogP) is 3.52. The number of aromatic nitrogens is 1. The lowest BCUT2D eigenvalue weighted by atomic mass is 10.3. The molecular weight excluding hydrogens is 298 g/mol. The maximum Gasteiger partial charge on any atom is 0.126 e. The third kappa shape index (κ3) is 4.02. The molecule has 20 heavy (non-hydrogen) atoms. The largest absolute Gasteiger partial charge is 0.496 e. The second kappa shape index (κ2) is 7.36. The van der Waals surface area contributed by atoms with Crippen LogP contribution in [-0.4, -0.2) is 25.8 Å². The van der Waals surface area contributed by atoms with E-state index in [1.165, 1.54) is 0 Å². The predicted molar refractivity (Wildman–Crippen MR) is 80.4 cm³/mol.